The van der Waals surface area contributed by atoms with Gasteiger partial charge in [-0.3, -0.25) is 0 Å². The van der Waals surface area contributed by atoms with Crippen molar-refractivity contribution in [3.8, 4) is 0 Å². The van der Waals surface area contributed by atoms with Gasteiger partial charge >= 0.3 is 0 Å². The largest absolute Gasteiger partial charge is 0.396 e. The third-order valence-corrected chi connectivity index (χ3v) is 14.6. The number of aliphatic hydroxyl groups is 7. The molecule has 0 aromatic rings. The van der Waals surface area contributed by atoms with E-state index in [0.29, 0.717) is 44.9 Å². The van der Waals surface area contributed by atoms with Gasteiger partial charge in [0.1, 0.15) is 0 Å². The Morgan fingerprint density at radius 2 is 0.564 bits per heavy atom. The van der Waals surface area contributed by atoms with Crippen molar-refractivity contribution in [1.29, 1.82) is 0 Å². The van der Waals surface area contributed by atoms with Crippen molar-refractivity contribution in [2.24, 2.45) is 22.2 Å². The predicted octanol–water partition coefficient (Wildman–Crippen LogP) is 11.0. The zero-order chi connectivity index (χ0) is 40.2. The summed E-state index contributed by atoms with van der Waals surface area (Å²) in [6, 6.07) is 0. The van der Waals surface area contributed by atoms with Crippen LogP contribution < -0.4 is 0 Å². The molecule has 0 aliphatic heterocycles. The average Bonchev–Trinajstić information content (AvgIpc) is 3.17. The van der Waals surface area contributed by atoms with Crippen molar-refractivity contribution in [3.63, 3.8) is 0 Å². The van der Waals surface area contributed by atoms with Crippen molar-refractivity contribution in [1.82, 2.24) is 0 Å². The highest BCUT2D eigenvalue weighted by Gasteiger charge is 2.62. The molecule has 1 aliphatic rings. The zero-order valence-electron chi connectivity index (χ0n) is 36.3. The summed E-state index contributed by atoms with van der Waals surface area (Å²) in [4.78, 5) is 0. The molecule has 7 heteroatoms. The standard InChI is InChI=1S/C48H96O7/c49-38-30-45-29-27-25-23-21-19-17-15-13-11-9-7-5-3-1-2-4-6-8-10-12-14-16-18-20-22-24-26-28-31-46(32-39-50,33-40-51)48(36-43-54,37-44-55)47(45,34-41-52)35-42-53/h45,49-55H,1-44H2. The highest BCUT2D eigenvalue weighted by Crippen LogP contribution is 2.67. The normalized spacial score (nSPS) is 23.7. The van der Waals surface area contributed by atoms with Crippen LogP contribution in [0.3, 0.4) is 0 Å². The van der Waals surface area contributed by atoms with E-state index in [0.717, 1.165) is 44.9 Å². The predicted molar refractivity (Wildman–Crippen MR) is 231 cm³/mol. The molecule has 0 radical (unpaired) electrons. The first-order chi connectivity index (χ1) is 27.0. The maximum atomic E-state index is 10.8. The van der Waals surface area contributed by atoms with Crippen molar-refractivity contribution in [3.05, 3.63) is 0 Å². The van der Waals surface area contributed by atoms with Crippen molar-refractivity contribution in [2.45, 2.75) is 238 Å². The molecule has 1 aliphatic carbocycles. The quantitative estimate of drug-likeness (QED) is 0.0930. The van der Waals surface area contributed by atoms with Gasteiger partial charge in [0.05, 0.1) is 0 Å². The monoisotopic (exact) mass is 785 g/mol. The summed E-state index contributed by atoms with van der Waals surface area (Å²) in [5, 5.41) is 75.2. The Bertz CT molecular complexity index is 789. The summed E-state index contributed by atoms with van der Waals surface area (Å²) in [6.07, 6.45) is 40.6. The van der Waals surface area contributed by atoms with E-state index in [-0.39, 0.29) is 52.2 Å². The van der Waals surface area contributed by atoms with Gasteiger partial charge in [0.15, 0.2) is 0 Å². The molecular formula is C48H96O7. The van der Waals surface area contributed by atoms with Crippen LogP contribution in [0.15, 0.2) is 0 Å². The molecule has 0 spiro atoms. The third-order valence-electron chi connectivity index (χ3n) is 14.6. The Kier molecular flexibility index (Phi) is 34.2. The van der Waals surface area contributed by atoms with Crippen LogP contribution in [0.2, 0.25) is 0 Å². The van der Waals surface area contributed by atoms with Crippen LogP contribution in [0.1, 0.15) is 238 Å². The van der Waals surface area contributed by atoms with E-state index in [1.807, 2.05) is 0 Å². The summed E-state index contributed by atoms with van der Waals surface area (Å²) in [6.45, 7) is -0.602. The van der Waals surface area contributed by atoms with Gasteiger partial charge < -0.3 is 35.7 Å². The molecule has 7 nitrogen and oxygen atoms in total. The molecule has 0 heterocycles. The highest BCUT2D eigenvalue weighted by atomic mass is 16.3. The second-order valence-corrected chi connectivity index (χ2v) is 18.0. The van der Waals surface area contributed by atoms with E-state index in [9.17, 15) is 35.7 Å². The summed E-state index contributed by atoms with van der Waals surface area (Å²) in [7, 11) is 0. The second kappa shape index (κ2) is 35.6. The second-order valence-electron chi connectivity index (χ2n) is 18.0. The lowest BCUT2D eigenvalue weighted by Crippen LogP contribution is -2.59. The van der Waals surface area contributed by atoms with E-state index >= 15 is 0 Å². The zero-order valence-corrected chi connectivity index (χ0v) is 36.3. The van der Waals surface area contributed by atoms with Crippen molar-refractivity contribution in [2.75, 3.05) is 46.2 Å². The number of hydrogen-bond acceptors (Lipinski definition) is 7. The summed E-state index contributed by atoms with van der Waals surface area (Å²) >= 11 is 0. The Labute approximate surface area is 340 Å². The van der Waals surface area contributed by atoms with Crippen LogP contribution in [-0.4, -0.2) is 82.0 Å². The van der Waals surface area contributed by atoms with Gasteiger partial charge in [0, 0.05) is 46.2 Å². The van der Waals surface area contributed by atoms with Crippen LogP contribution >= 0.6 is 0 Å². The number of hydrogen-bond donors (Lipinski definition) is 7. The van der Waals surface area contributed by atoms with Gasteiger partial charge in [-0.1, -0.05) is 180 Å². The fourth-order valence-electron chi connectivity index (χ4n) is 11.7. The van der Waals surface area contributed by atoms with Gasteiger partial charge in [-0.05, 0) is 80.0 Å². The van der Waals surface area contributed by atoms with Crippen LogP contribution in [0.5, 0.6) is 0 Å². The number of rotatable bonds is 14. The lowest BCUT2D eigenvalue weighted by Gasteiger charge is -2.64. The molecule has 1 unspecified atom stereocenters. The van der Waals surface area contributed by atoms with Crippen molar-refractivity contribution >= 4 is 0 Å². The Hall–Kier alpha value is -0.280. The summed E-state index contributed by atoms with van der Waals surface area (Å²) in [5.74, 6) is -0.0468. The smallest absolute Gasteiger partial charge is 0.0436 e. The van der Waals surface area contributed by atoms with Crippen LogP contribution in [0.4, 0.5) is 0 Å². The van der Waals surface area contributed by atoms with Gasteiger partial charge in [-0.2, -0.15) is 0 Å². The Balaban J connectivity index is 3.27. The topological polar surface area (TPSA) is 142 Å². The molecule has 1 atom stereocenters. The maximum Gasteiger partial charge on any atom is 0.0436 e. The van der Waals surface area contributed by atoms with Gasteiger partial charge in [-0.15, -0.1) is 0 Å². The van der Waals surface area contributed by atoms with E-state index < -0.39 is 16.2 Å². The van der Waals surface area contributed by atoms with Gasteiger partial charge in [-0.25, -0.2) is 0 Å². The molecule has 0 bridgehead atoms. The van der Waals surface area contributed by atoms with E-state index in [1.165, 1.54) is 148 Å². The minimum Gasteiger partial charge on any atom is -0.396 e. The van der Waals surface area contributed by atoms with E-state index in [1.54, 1.807) is 0 Å². The van der Waals surface area contributed by atoms with Crippen LogP contribution in [0, 0.1) is 22.2 Å². The SMILES string of the molecule is OCCC1CCCCCCCCCCCCCCCCCCCCCCCCCCCCCCC(CCO)(CCO)C(CCO)(CCO)C1(CCO)CCO. The molecule has 1 fully saturated rings. The van der Waals surface area contributed by atoms with E-state index in [2.05, 4.69) is 0 Å². The Morgan fingerprint density at radius 3 is 0.836 bits per heavy atom. The lowest BCUT2D eigenvalue weighted by molar-refractivity contribution is -0.183. The Morgan fingerprint density at radius 1 is 0.291 bits per heavy atom. The molecule has 1 rings (SSSR count). The van der Waals surface area contributed by atoms with Crippen molar-refractivity contribution < 1.29 is 35.7 Å². The molecule has 0 saturated heterocycles. The third kappa shape index (κ3) is 20.0. The lowest BCUT2D eigenvalue weighted by atomic mass is 9.40. The molecular weight excluding hydrogens is 689 g/mol. The minimum atomic E-state index is -0.767. The van der Waals surface area contributed by atoms with Gasteiger partial charge in [0.25, 0.3) is 0 Å². The fraction of sp³-hybridized carbons (Fsp3) is 1.00. The van der Waals surface area contributed by atoms with Crippen LogP contribution in [-0.2, 0) is 0 Å². The first-order valence-corrected chi connectivity index (χ1v) is 24.3. The summed E-state index contributed by atoms with van der Waals surface area (Å²) in [5.41, 5.74) is -2.08. The van der Waals surface area contributed by atoms with Crippen LogP contribution in [0.25, 0.3) is 0 Å². The molecule has 55 heavy (non-hydrogen) atoms. The molecule has 1 saturated carbocycles. The van der Waals surface area contributed by atoms with Gasteiger partial charge in [0.2, 0.25) is 0 Å². The average molecular weight is 785 g/mol. The maximum absolute atomic E-state index is 10.8. The highest BCUT2D eigenvalue weighted by molar-refractivity contribution is 5.10. The fourth-order valence-corrected chi connectivity index (χ4v) is 11.7. The first kappa shape index (κ1) is 52.7. The molecule has 0 aromatic carbocycles. The first-order valence-electron chi connectivity index (χ1n) is 24.3. The van der Waals surface area contributed by atoms with E-state index in [4.69, 9.17) is 0 Å². The molecule has 7 N–H and O–H groups in total. The molecule has 0 aromatic heterocycles. The minimum absolute atomic E-state index is 0.00932. The molecule has 0 amide bonds. The molecule has 330 valence electrons. The number of aliphatic hydroxyl groups excluding tert-OH is 7. The summed E-state index contributed by atoms with van der Waals surface area (Å²) < 4.78 is 0.